The number of carbonyl (C=O) groups is 1. The minimum absolute atomic E-state index is 0.205. The Morgan fingerprint density at radius 3 is 2.72 bits per heavy atom. The number of aryl methyl sites for hydroxylation is 2. The lowest BCUT2D eigenvalue weighted by molar-refractivity contribution is 0.262. The number of aromatic hydroxyl groups is 1. The predicted octanol–water partition coefficient (Wildman–Crippen LogP) is 3.11. The summed E-state index contributed by atoms with van der Waals surface area (Å²) in [6.07, 6.45) is 0. The number of urea groups is 1. The highest BCUT2D eigenvalue weighted by Crippen LogP contribution is 2.20. The molecular formula is C12H13N3O2S. The number of benzene rings is 1. The van der Waals surface area contributed by atoms with Crippen molar-refractivity contribution in [3.8, 4) is 5.75 Å². The molecule has 1 aromatic carbocycles. The number of carbonyl (C=O) groups excluding carboxylic acids is 1. The Hall–Kier alpha value is -2.08. The molecule has 0 fully saturated rings. The first kappa shape index (κ1) is 12.4. The van der Waals surface area contributed by atoms with Gasteiger partial charge in [0.05, 0.1) is 5.69 Å². The zero-order valence-electron chi connectivity index (χ0n) is 10.0. The quantitative estimate of drug-likeness (QED) is 0.729. The van der Waals surface area contributed by atoms with E-state index in [0.717, 1.165) is 5.69 Å². The largest absolute Gasteiger partial charge is 0.508 e. The Balaban J connectivity index is 2.00. The van der Waals surface area contributed by atoms with Crippen LogP contribution in [-0.4, -0.2) is 16.1 Å². The lowest BCUT2D eigenvalue weighted by Gasteiger charge is -2.07. The van der Waals surface area contributed by atoms with Crippen LogP contribution in [0.25, 0.3) is 0 Å². The summed E-state index contributed by atoms with van der Waals surface area (Å²) in [5, 5.41) is 17.1. The van der Waals surface area contributed by atoms with Crippen molar-refractivity contribution in [1.29, 1.82) is 0 Å². The lowest BCUT2D eigenvalue weighted by Crippen LogP contribution is -2.19. The Morgan fingerprint density at radius 2 is 2.11 bits per heavy atom. The molecule has 0 saturated heterocycles. The van der Waals surface area contributed by atoms with Crippen molar-refractivity contribution < 1.29 is 9.90 Å². The monoisotopic (exact) mass is 263 g/mol. The van der Waals surface area contributed by atoms with E-state index in [1.54, 1.807) is 25.1 Å². The molecule has 0 saturated carbocycles. The van der Waals surface area contributed by atoms with Crippen LogP contribution in [0.15, 0.2) is 23.6 Å². The van der Waals surface area contributed by atoms with Crippen molar-refractivity contribution in [2.24, 2.45) is 0 Å². The number of hydrogen-bond acceptors (Lipinski definition) is 4. The summed E-state index contributed by atoms with van der Waals surface area (Å²) in [6, 6.07) is 4.52. The van der Waals surface area contributed by atoms with Gasteiger partial charge in [-0.15, -0.1) is 11.3 Å². The molecule has 18 heavy (non-hydrogen) atoms. The van der Waals surface area contributed by atoms with Crippen LogP contribution in [0.4, 0.5) is 15.6 Å². The van der Waals surface area contributed by atoms with Crippen molar-refractivity contribution in [3.05, 3.63) is 34.8 Å². The normalized spacial score (nSPS) is 10.1. The first-order valence-corrected chi connectivity index (χ1v) is 6.22. The van der Waals surface area contributed by atoms with Gasteiger partial charge in [-0.1, -0.05) is 0 Å². The standard InChI is InChI=1S/C12H13N3O2S/c1-7-5-9(3-4-10(7)16)14-11(17)15-12-13-8(2)6-18-12/h3-6,16H,1-2H3,(H2,13,14,15,17). The zero-order valence-corrected chi connectivity index (χ0v) is 10.8. The summed E-state index contributed by atoms with van der Waals surface area (Å²) in [5.41, 5.74) is 2.20. The van der Waals surface area contributed by atoms with E-state index >= 15 is 0 Å². The molecule has 6 heteroatoms. The Bertz CT molecular complexity index is 580. The van der Waals surface area contributed by atoms with Crippen LogP contribution in [0.2, 0.25) is 0 Å². The molecule has 0 unspecified atom stereocenters. The van der Waals surface area contributed by atoms with Gasteiger partial charge < -0.3 is 10.4 Å². The summed E-state index contributed by atoms with van der Waals surface area (Å²) in [7, 11) is 0. The highest BCUT2D eigenvalue weighted by molar-refractivity contribution is 7.13. The van der Waals surface area contributed by atoms with E-state index in [9.17, 15) is 9.90 Å². The number of phenols is 1. The van der Waals surface area contributed by atoms with Gasteiger partial charge in [-0.25, -0.2) is 9.78 Å². The second-order valence-electron chi connectivity index (χ2n) is 3.87. The van der Waals surface area contributed by atoms with Gasteiger partial charge in [0.2, 0.25) is 0 Å². The van der Waals surface area contributed by atoms with Crippen LogP contribution >= 0.6 is 11.3 Å². The fourth-order valence-electron chi connectivity index (χ4n) is 1.40. The van der Waals surface area contributed by atoms with E-state index in [0.29, 0.717) is 16.4 Å². The molecule has 0 aliphatic carbocycles. The number of amides is 2. The summed E-state index contributed by atoms with van der Waals surface area (Å²) in [6.45, 7) is 3.63. The van der Waals surface area contributed by atoms with Gasteiger partial charge in [-0.3, -0.25) is 5.32 Å². The lowest BCUT2D eigenvalue weighted by atomic mass is 10.2. The third-order valence-electron chi connectivity index (χ3n) is 2.29. The number of aromatic nitrogens is 1. The van der Waals surface area contributed by atoms with Crippen LogP contribution in [-0.2, 0) is 0 Å². The van der Waals surface area contributed by atoms with Gasteiger partial charge in [0.1, 0.15) is 5.75 Å². The molecule has 0 spiro atoms. The van der Waals surface area contributed by atoms with Gasteiger partial charge in [-0.05, 0) is 37.6 Å². The topological polar surface area (TPSA) is 74.2 Å². The number of phenolic OH excluding ortho intramolecular Hbond substituents is 1. The number of nitrogens with one attached hydrogen (secondary N) is 2. The molecule has 3 N–H and O–H groups in total. The second-order valence-corrected chi connectivity index (χ2v) is 4.73. The molecule has 0 aliphatic heterocycles. The van der Waals surface area contributed by atoms with Crippen molar-refractivity contribution in [2.45, 2.75) is 13.8 Å². The fourth-order valence-corrected chi connectivity index (χ4v) is 2.09. The molecule has 2 amide bonds. The van der Waals surface area contributed by atoms with E-state index < -0.39 is 0 Å². The van der Waals surface area contributed by atoms with E-state index in [2.05, 4.69) is 15.6 Å². The van der Waals surface area contributed by atoms with Gasteiger partial charge >= 0.3 is 6.03 Å². The van der Waals surface area contributed by atoms with Gasteiger partial charge in [-0.2, -0.15) is 0 Å². The maximum absolute atomic E-state index is 11.7. The molecule has 1 heterocycles. The highest BCUT2D eigenvalue weighted by atomic mass is 32.1. The second kappa shape index (κ2) is 5.05. The van der Waals surface area contributed by atoms with Gasteiger partial charge in [0.15, 0.2) is 5.13 Å². The van der Waals surface area contributed by atoms with Crippen molar-refractivity contribution in [3.63, 3.8) is 0 Å². The van der Waals surface area contributed by atoms with E-state index in [4.69, 9.17) is 0 Å². The first-order chi connectivity index (χ1) is 8.54. The molecule has 2 aromatic rings. The van der Waals surface area contributed by atoms with Gasteiger partial charge in [0.25, 0.3) is 0 Å². The van der Waals surface area contributed by atoms with Gasteiger partial charge in [0, 0.05) is 11.1 Å². The molecule has 0 bridgehead atoms. The minimum atomic E-state index is -0.352. The molecule has 0 radical (unpaired) electrons. The summed E-state index contributed by atoms with van der Waals surface area (Å²) >= 11 is 1.37. The fraction of sp³-hybridized carbons (Fsp3) is 0.167. The van der Waals surface area contributed by atoms with Crippen molar-refractivity contribution in [1.82, 2.24) is 4.98 Å². The predicted molar refractivity (Wildman–Crippen MR) is 72.3 cm³/mol. The molecular weight excluding hydrogens is 250 g/mol. The molecule has 0 aliphatic rings. The Morgan fingerprint density at radius 1 is 1.33 bits per heavy atom. The van der Waals surface area contributed by atoms with Crippen LogP contribution in [0.5, 0.6) is 5.75 Å². The smallest absolute Gasteiger partial charge is 0.325 e. The SMILES string of the molecule is Cc1csc(NC(=O)Nc2ccc(O)c(C)c2)n1. The number of hydrogen-bond donors (Lipinski definition) is 3. The average Bonchev–Trinajstić information content (AvgIpc) is 2.69. The third kappa shape index (κ3) is 2.98. The zero-order chi connectivity index (χ0) is 13.1. The van der Waals surface area contributed by atoms with Crippen LogP contribution in [0.3, 0.4) is 0 Å². The maximum Gasteiger partial charge on any atom is 0.325 e. The highest BCUT2D eigenvalue weighted by Gasteiger charge is 2.06. The third-order valence-corrected chi connectivity index (χ3v) is 3.17. The maximum atomic E-state index is 11.7. The number of thiazole rings is 1. The van der Waals surface area contributed by atoms with E-state index in [1.165, 1.54) is 11.3 Å². The van der Waals surface area contributed by atoms with Crippen LogP contribution in [0.1, 0.15) is 11.3 Å². The molecule has 2 rings (SSSR count). The summed E-state index contributed by atoms with van der Waals surface area (Å²) < 4.78 is 0. The average molecular weight is 263 g/mol. The minimum Gasteiger partial charge on any atom is -0.508 e. The van der Waals surface area contributed by atoms with Crippen LogP contribution in [0, 0.1) is 13.8 Å². The Kier molecular flexibility index (Phi) is 3.47. The summed E-state index contributed by atoms with van der Waals surface area (Å²) in [4.78, 5) is 15.8. The summed E-state index contributed by atoms with van der Waals surface area (Å²) in [5.74, 6) is 0.205. The molecule has 94 valence electrons. The number of rotatable bonds is 2. The van der Waals surface area contributed by atoms with Crippen LogP contribution < -0.4 is 10.6 Å². The molecule has 0 atom stereocenters. The van der Waals surface area contributed by atoms with E-state index in [-0.39, 0.29) is 11.8 Å². The number of nitrogens with zero attached hydrogens (tertiary/aromatic N) is 1. The molecule has 1 aromatic heterocycles. The molecule has 5 nitrogen and oxygen atoms in total. The number of anilines is 2. The Labute approximate surface area is 108 Å². The van der Waals surface area contributed by atoms with Crippen molar-refractivity contribution >= 4 is 28.2 Å². The first-order valence-electron chi connectivity index (χ1n) is 5.34. The van der Waals surface area contributed by atoms with E-state index in [1.807, 2.05) is 12.3 Å². The van der Waals surface area contributed by atoms with Crippen molar-refractivity contribution in [2.75, 3.05) is 10.6 Å².